The van der Waals surface area contributed by atoms with Crippen molar-refractivity contribution < 1.29 is 14.1 Å². The molecule has 0 amide bonds. The highest BCUT2D eigenvalue weighted by atomic mass is 19.1. The van der Waals surface area contributed by atoms with Gasteiger partial charge in [-0.1, -0.05) is 25.1 Å². The van der Waals surface area contributed by atoms with E-state index in [4.69, 9.17) is 4.74 Å². The molecular formula is C15H15FN2O3. The first-order valence-corrected chi connectivity index (χ1v) is 6.52. The van der Waals surface area contributed by atoms with Crippen LogP contribution in [0.4, 0.5) is 10.1 Å². The van der Waals surface area contributed by atoms with E-state index in [-0.39, 0.29) is 5.75 Å². The molecule has 0 aliphatic carbocycles. The van der Waals surface area contributed by atoms with Crippen molar-refractivity contribution in [3.63, 3.8) is 0 Å². The van der Waals surface area contributed by atoms with Gasteiger partial charge in [0.1, 0.15) is 5.75 Å². The Morgan fingerprint density at radius 1 is 1.24 bits per heavy atom. The van der Waals surface area contributed by atoms with E-state index in [0.717, 1.165) is 24.7 Å². The number of rotatable bonds is 6. The summed E-state index contributed by atoms with van der Waals surface area (Å²) in [5.41, 5.74) is 0.652. The van der Waals surface area contributed by atoms with Crippen LogP contribution in [0.5, 0.6) is 11.5 Å². The number of benzene rings is 2. The third kappa shape index (κ3) is 3.76. The average Bonchev–Trinajstić information content (AvgIpc) is 2.48. The third-order valence-corrected chi connectivity index (χ3v) is 2.87. The normalized spacial score (nSPS) is 10.4. The highest BCUT2D eigenvalue weighted by Gasteiger charge is 2.20. The maximum Gasteiger partial charge on any atom is 0.314 e. The molecule has 0 saturated heterocycles. The van der Waals surface area contributed by atoms with Gasteiger partial charge in [-0.05, 0) is 30.3 Å². The molecule has 0 aliphatic heterocycles. The number of nitro benzene ring substituents is 1. The SMILES string of the molecule is CCNCc1ccc(Oc2c(F)cccc2[N+](=O)[O-])cc1. The molecule has 110 valence electrons. The van der Waals surface area contributed by atoms with Gasteiger partial charge in [-0.25, -0.2) is 4.39 Å². The first-order chi connectivity index (χ1) is 10.1. The summed E-state index contributed by atoms with van der Waals surface area (Å²) in [6, 6.07) is 10.6. The van der Waals surface area contributed by atoms with Crippen LogP contribution >= 0.6 is 0 Å². The number of hydrogen-bond acceptors (Lipinski definition) is 4. The van der Waals surface area contributed by atoms with Crippen molar-refractivity contribution in [3.8, 4) is 11.5 Å². The predicted molar refractivity (Wildman–Crippen MR) is 77.0 cm³/mol. The zero-order chi connectivity index (χ0) is 15.2. The van der Waals surface area contributed by atoms with Crippen molar-refractivity contribution in [1.82, 2.24) is 5.32 Å². The second-order valence-corrected chi connectivity index (χ2v) is 4.37. The standard InChI is InChI=1S/C15H15FN2O3/c1-2-17-10-11-6-8-12(9-7-11)21-15-13(16)4-3-5-14(15)18(19)20/h3-9,17H,2,10H2,1H3. The van der Waals surface area contributed by atoms with Gasteiger partial charge < -0.3 is 10.1 Å². The van der Waals surface area contributed by atoms with Gasteiger partial charge in [0.2, 0.25) is 5.75 Å². The van der Waals surface area contributed by atoms with Crippen molar-refractivity contribution in [3.05, 3.63) is 64.0 Å². The number of nitrogens with one attached hydrogen (secondary N) is 1. The molecule has 0 saturated carbocycles. The Hall–Kier alpha value is -2.47. The van der Waals surface area contributed by atoms with Gasteiger partial charge in [0.25, 0.3) is 0 Å². The minimum Gasteiger partial charge on any atom is -0.447 e. The van der Waals surface area contributed by atoms with Crippen LogP contribution in [-0.2, 0) is 6.54 Å². The van der Waals surface area contributed by atoms with E-state index in [1.165, 1.54) is 12.1 Å². The van der Waals surface area contributed by atoms with Crippen LogP contribution in [0.2, 0.25) is 0 Å². The van der Waals surface area contributed by atoms with E-state index in [2.05, 4.69) is 5.32 Å². The summed E-state index contributed by atoms with van der Waals surface area (Å²) in [6.07, 6.45) is 0. The molecule has 1 N–H and O–H groups in total. The summed E-state index contributed by atoms with van der Waals surface area (Å²) in [6.45, 7) is 3.59. The Morgan fingerprint density at radius 3 is 2.57 bits per heavy atom. The van der Waals surface area contributed by atoms with Crippen LogP contribution in [0.25, 0.3) is 0 Å². The molecular weight excluding hydrogens is 275 g/mol. The van der Waals surface area contributed by atoms with Crippen LogP contribution in [0.3, 0.4) is 0 Å². The van der Waals surface area contributed by atoms with Crippen LogP contribution in [0, 0.1) is 15.9 Å². The summed E-state index contributed by atoms with van der Waals surface area (Å²) in [7, 11) is 0. The highest BCUT2D eigenvalue weighted by Crippen LogP contribution is 2.33. The van der Waals surface area contributed by atoms with Crippen molar-refractivity contribution >= 4 is 5.69 Å². The Balaban J connectivity index is 2.20. The molecule has 0 radical (unpaired) electrons. The molecule has 0 aromatic heterocycles. The van der Waals surface area contributed by atoms with E-state index in [9.17, 15) is 14.5 Å². The van der Waals surface area contributed by atoms with Crippen LogP contribution in [-0.4, -0.2) is 11.5 Å². The highest BCUT2D eigenvalue weighted by molar-refractivity contribution is 5.49. The number of halogens is 1. The maximum absolute atomic E-state index is 13.7. The molecule has 0 unspecified atom stereocenters. The lowest BCUT2D eigenvalue weighted by Gasteiger charge is -2.08. The molecule has 0 atom stereocenters. The smallest absolute Gasteiger partial charge is 0.314 e. The summed E-state index contributed by atoms with van der Waals surface area (Å²) < 4.78 is 19.0. The fraction of sp³-hybridized carbons (Fsp3) is 0.200. The van der Waals surface area contributed by atoms with Crippen LogP contribution < -0.4 is 10.1 Å². The van der Waals surface area contributed by atoms with E-state index in [0.29, 0.717) is 5.75 Å². The molecule has 6 heteroatoms. The second-order valence-electron chi connectivity index (χ2n) is 4.37. The molecule has 21 heavy (non-hydrogen) atoms. The number of nitrogens with zero attached hydrogens (tertiary/aromatic N) is 1. The van der Waals surface area contributed by atoms with E-state index in [1.54, 1.807) is 12.1 Å². The average molecular weight is 290 g/mol. The fourth-order valence-electron chi connectivity index (χ4n) is 1.80. The zero-order valence-electron chi connectivity index (χ0n) is 11.5. The van der Waals surface area contributed by atoms with E-state index < -0.39 is 16.4 Å². The van der Waals surface area contributed by atoms with Gasteiger partial charge in [-0.15, -0.1) is 0 Å². The van der Waals surface area contributed by atoms with Crippen molar-refractivity contribution in [2.75, 3.05) is 6.54 Å². The largest absolute Gasteiger partial charge is 0.447 e. The molecule has 2 aromatic carbocycles. The Labute approximate surface area is 121 Å². The topological polar surface area (TPSA) is 64.4 Å². The predicted octanol–water partition coefficient (Wildman–Crippen LogP) is 3.64. The summed E-state index contributed by atoms with van der Waals surface area (Å²) in [5.74, 6) is -0.786. The van der Waals surface area contributed by atoms with Gasteiger partial charge in [0.05, 0.1) is 4.92 Å². The summed E-state index contributed by atoms with van der Waals surface area (Å²) >= 11 is 0. The summed E-state index contributed by atoms with van der Waals surface area (Å²) in [4.78, 5) is 10.2. The Morgan fingerprint density at radius 2 is 1.95 bits per heavy atom. The summed E-state index contributed by atoms with van der Waals surface area (Å²) in [5, 5.41) is 14.1. The lowest BCUT2D eigenvalue weighted by Crippen LogP contribution is -2.11. The molecule has 0 heterocycles. The number of nitro groups is 1. The number of ether oxygens (including phenoxy) is 1. The Bertz CT molecular complexity index is 629. The molecule has 0 spiro atoms. The minimum atomic E-state index is -0.763. The fourth-order valence-corrected chi connectivity index (χ4v) is 1.80. The molecule has 0 fully saturated rings. The van der Waals surface area contributed by atoms with Crippen molar-refractivity contribution in [2.45, 2.75) is 13.5 Å². The van der Waals surface area contributed by atoms with Gasteiger partial charge in [0.15, 0.2) is 5.82 Å². The first-order valence-electron chi connectivity index (χ1n) is 6.52. The molecule has 2 aromatic rings. The number of para-hydroxylation sites is 1. The maximum atomic E-state index is 13.7. The monoisotopic (exact) mass is 290 g/mol. The quantitative estimate of drug-likeness (QED) is 0.651. The van der Waals surface area contributed by atoms with Crippen molar-refractivity contribution in [2.24, 2.45) is 0 Å². The lowest BCUT2D eigenvalue weighted by molar-refractivity contribution is -0.385. The third-order valence-electron chi connectivity index (χ3n) is 2.87. The van der Waals surface area contributed by atoms with Crippen molar-refractivity contribution in [1.29, 1.82) is 0 Å². The molecule has 0 bridgehead atoms. The van der Waals surface area contributed by atoms with E-state index >= 15 is 0 Å². The van der Waals surface area contributed by atoms with Crippen LogP contribution in [0.15, 0.2) is 42.5 Å². The second kappa shape index (κ2) is 6.81. The van der Waals surface area contributed by atoms with Crippen LogP contribution in [0.1, 0.15) is 12.5 Å². The Kier molecular flexibility index (Phi) is 4.84. The minimum absolute atomic E-state index is 0.350. The van der Waals surface area contributed by atoms with Gasteiger partial charge >= 0.3 is 5.69 Å². The zero-order valence-corrected chi connectivity index (χ0v) is 11.5. The van der Waals surface area contributed by atoms with Gasteiger partial charge in [0, 0.05) is 12.6 Å². The number of hydrogen-bond donors (Lipinski definition) is 1. The molecule has 5 nitrogen and oxygen atoms in total. The van der Waals surface area contributed by atoms with E-state index in [1.807, 2.05) is 19.1 Å². The van der Waals surface area contributed by atoms with Gasteiger partial charge in [-0.2, -0.15) is 0 Å². The first kappa shape index (κ1) is 14.9. The van der Waals surface area contributed by atoms with Gasteiger partial charge in [-0.3, -0.25) is 10.1 Å². The molecule has 0 aliphatic rings. The molecule has 2 rings (SSSR count). The lowest BCUT2D eigenvalue weighted by atomic mass is 10.2.